The highest BCUT2D eigenvalue weighted by Crippen LogP contribution is 2.16. The van der Waals surface area contributed by atoms with Crippen LogP contribution in [-0.2, 0) is 13.0 Å². The van der Waals surface area contributed by atoms with Gasteiger partial charge in [-0.3, -0.25) is 9.78 Å². The van der Waals surface area contributed by atoms with Gasteiger partial charge in [0.15, 0.2) is 0 Å². The number of fused-ring (bicyclic) bond motifs is 1. The first kappa shape index (κ1) is 20.0. The van der Waals surface area contributed by atoms with Crippen molar-refractivity contribution in [3.05, 3.63) is 77.0 Å². The van der Waals surface area contributed by atoms with Crippen molar-refractivity contribution in [3.8, 4) is 0 Å². The molecule has 0 aliphatic rings. The molecule has 0 radical (unpaired) electrons. The Morgan fingerprint density at radius 1 is 1.11 bits per heavy atom. The number of para-hydroxylation sites is 1. The highest BCUT2D eigenvalue weighted by atomic mass is 16.3. The van der Waals surface area contributed by atoms with Crippen LogP contribution in [0, 0.1) is 6.92 Å². The molecule has 0 bridgehead atoms. The number of hydrogen-bond acceptors (Lipinski definition) is 4. The molecule has 3 rings (SSSR count). The number of hydrogen-bond donors (Lipinski definition) is 3. The molecule has 1 unspecified atom stereocenters. The van der Waals surface area contributed by atoms with Crippen LogP contribution < -0.4 is 10.6 Å². The van der Waals surface area contributed by atoms with E-state index in [1.54, 1.807) is 6.20 Å². The standard InChI is InChI=1S/C23H27N3O2/c1-3-17-7-5-8-18(10-17)12-24-14-21(27)15-26-23(28)20-11-19-9-4-6-16(2)22(19)25-13-20/h4-11,13,21,24,27H,3,12,14-15H2,1-2H3,(H,26,28). The lowest BCUT2D eigenvalue weighted by molar-refractivity contribution is 0.0915. The number of aromatic nitrogens is 1. The van der Waals surface area contributed by atoms with Crippen LogP contribution in [0.3, 0.4) is 0 Å². The molecule has 1 aromatic heterocycles. The fourth-order valence-corrected chi connectivity index (χ4v) is 3.16. The quantitative estimate of drug-likeness (QED) is 0.564. The van der Waals surface area contributed by atoms with Crippen LogP contribution in [0.4, 0.5) is 0 Å². The fourth-order valence-electron chi connectivity index (χ4n) is 3.16. The Bertz CT molecular complexity index is 955. The Morgan fingerprint density at radius 3 is 2.71 bits per heavy atom. The minimum atomic E-state index is -0.658. The Balaban J connectivity index is 1.47. The molecule has 5 heteroatoms. The van der Waals surface area contributed by atoms with Crippen LogP contribution in [0.2, 0.25) is 0 Å². The Hall–Kier alpha value is -2.76. The van der Waals surface area contributed by atoms with Gasteiger partial charge in [-0.1, -0.05) is 49.4 Å². The summed E-state index contributed by atoms with van der Waals surface area (Å²) in [6, 6.07) is 16.1. The topological polar surface area (TPSA) is 74.2 Å². The van der Waals surface area contributed by atoms with Crippen molar-refractivity contribution in [2.45, 2.75) is 32.9 Å². The molecule has 28 heavy (non-hydrogen) atoms. The number of aliphatic hydroxyl groups excluding tert-OH is 1. The molecule has 2 aromatic carbocycles. The largest absolute Gasteiger partial charge is 0.390 e. The predicted molar refractivity (Wildman–Crippen MR) is 112 cm³/mol. The number of benzene rings is 2. The second-order valence-corrected chi connectivity index (χ2v) is 7.04. The van der Waals surface area contributed by atoms with Gasteiger partial charge in [0.1, 0.15) is 0 Å². The van der Waals surface area contributed by atoms with E-state index < -0.39 is 6.10 Å². The number of aliphatic hydroxyl groups is 1. The lowest BCUT2D eigenvalue weighted by Crippen LogP contribution is -2.38. The highest BCUT2D eigenvalue weighted by molar-refractivity contribution is 5.97. The normalized spacial score (nSPS) is 12.1. The summed E-state index contributed by atoms with van der Waals surface area (Å²) in [7, 11) is 0. The highest BCUT2D eigenvalue weighted by Gasteiger charge is 2.11. The Morgan fingerprint density at radius 2 is 1.89 bits per heavy atom. The number of nitrogens with one attached hydrogen (secondary N) is 2. The predicted octanol–water partition coefficient (Wildman–Crippen LogP) is 2.99. The second-order valence-electron chi connectivity index (χ2n) is 7.04. The summed E-state index contributed by atoms with van der Waals surface area (Å²) in [5.74, 6) is -0.231. The van der Waals surface area contributed by atoms with Crippen molar-refractivity contribution in [2.75, 3.05) is 13.1 Å². The van der Waals surface area contributed by atoms with Crippen molar-refractivity contribution < 1.29 is 9.90 Å². The number of rotatable bonds is 8. The summed E-state index contributed by atoms with van der Waals surface area (Å²) in [6.07, 6.45) is 1.93. The minimum absolute atomic E-state index is 0.187. The zero-order valence-electron chi connectivity index (χ0n) is 16.4. The van der Waals surface area contributed by atoms with Gasteiger partial charge in [0.25, 0.3) is 5.91 Å². The number of amides is 1. The van der Waals surface area contributed by atoms with E-state index in [1.807, 2.05) is 37.3 Å². The van der Waals surface area contributed by atoms with E-state index in [0.717, 1.165) is 22.9 Å². The molecule has 146 valence electrons. The average molecular weight is 377 g/mol. The van der Waals surface area contributed by atoms with Crippen LogP contribution in [0.5, 0.6) is 0 Å². The zero-order valence-corrected chi connectivity index (χ0v) is 16.4. The van der Waals surface area contributed by atoms with E-state index in [0.29, 0.717) is 18.7 Å². The molecule has 3 aromatic rings. The maximum absolute atomic E-state index is 12.4. The molecular formula is C23H27N3O2. The molecule has 1 amide bonds. The Labute approximate surface area is 165 Å². The third kappa shape index (κ3) is 5.15. The third-order valence-electron chi connectivity index (χ3n) is 4.78. The molecule has 0 aliphatic heterocycles. The first-order valence-corrected chi connectivity index (χ1v) is 9.67. The van der Waals surface area contributed by atoms with Gasteiger partial charge in [-0.2, -0.15) is 0 Å². The average Bonchev–Trinajstić information content (AvgIpc) is 2.72. The summed E-state index contributed by atoms with van der Waals surface area (Å²) < 4.78 is 0. The van der Waals surface area contributed by atoms with E-state index in [1.165, 1.54) is 11.1 Å². The molecular weight excluding hydrogens is 350 g/mol. The lowest BCUT2D eigenvalue weighted by Gasteiger charge is -2.13. The van der Waals surface area contributed by atoms with Gasteiger partial charge in [0, 0.05) is 31.2 Å². The molecule has 0 aliphatic carbocycles. The summed E-state index contributed by atoms with van der Waals surface area (Å²) in [5, 5.41) is 17.1. The van der Waals surface area contributed by atoms with Gasteiger partial charge >= 0.3 is 0 Å². The zero-order chi connectivity index (χ0) is 19.9. The van der Waals surface area contributed by atoms with Crippen molar-refractivity contribution in [2.24, 2.45) is 0 Å². The smallest absolute Gasteiger partial charge is 0.252 e. The molecule has 1 atom stereocenters. The van der Waals surface area contributed by atoms with Crippen molar-refractivity contribution in [3.63, 3.8) is 0 Å². The van der Waals surface area contributed by atoms with Crippen molar-refractivity contribution in [1.29, 1.82) is 0 Å². The van der Waals surface area contributed by atoms with Crippen LogP contribution in [-0.4, -0.2) is 35.2 Å². The van der Waals surface area contributed by atoms with Gasteiger partial charge in [0.05, 0.1) is 17.2 Å². The maximum atomic E-state index is 12.4. The molecule has 0 fully saturated rings. The van der Waals surface area contributed by atoms with Gasteiger partial charge < -0.3 is 15.7 Å². The third-order valence-corrected chi connectivity index (χ3v) is 4.78. The van der Waals surface area contributed by atoms with Gasteiger partial charge in [-0.15, -0.1) is 0 Å². The van der Waals surface area contributed by atoms with E-state index in [-0.39, 0.29) is 12.5 Å². The van der Waals surface area contributed by atoms with Crippen molar-refractivity contribution in [1.82, 2.24) is 15.6 Å². The van der Waals surface area contributed by atoms with Crippen LogP contribution >= 0.6 is 0 Å². The van der Waals surface area contributed by atoms with Gasteiger partial charge in [0.2, 0.25) is 0 Å². The summed E-state index contributed by atoms with van der Waals surface area (Å²) in [5.41, 5.74) is 4.96. The van der Waals surface area contributed by atoms with E-state index in [9.17, 15) is 9.90 Å². The SMILES string of the molecule is CCc1cccc(CNCC(O)CNC(=O)c2cnc3c(C)cccc3c2)c1. The summed E-state index contributed by atoms with van der Waals surface area (Å²) in [6.45, 7) is 5.41. The van der Waals surface area contributed by atoms with E-state index >= 15 is 0 Å². The molecule has 0 saturated heterocycles. The van der Waals surface area contributed by atoms with Crippen molar-refractivity contribution >= 4 is 16.8 Å². The first-order chi connectivity index (χ1) is 13.6. The van der Waals surface area contributed by atoms with Crippen LogP contribution in [0.25, 0.3) is 10.9 Å². The number of carbonyl (C=O) groups excluding carboxylic acids is 1. The number of nitrogens with zero attached hydrogens (tertiary/aromatic N) is 1. The van der Waals surface area contributed by atoms with Crippen LogP contribution in [0.15, 0.2) is 54.7 Å². The van der Waals surface area contributed by atoms with Crippen LogP contribution in [0.1, 0.15) is 34.0 Å². The molecule has 3 N–H and O–H groups in total. The maximum Gasteiger partial charge on any atom is 0.252 e. The van der Waals surface area contributed by atoms with Gasteiger partial charge in [-0.25, -0.2) is 0 Å². The number of aryl methyl sites for hydroxylation is 2. The molecule has 0 spiro atoms. The molecule has 1 heterocycles. The lowest BCUT2D eigenvalue weighted by atomic mass is 10.1. The molecule has 5 nitrogen and oxygen atoms in total. The Kier molecular flexibility index (Phi) is 6.74. The van der Waals surface area contributed by atoms with Gasteiger partial charge in [-0.05, 0) is 36.1 Å². The first-order valence-electron chi connectivity index (χ1n) is 9.67. The molecule has 0 saturated carbocycles. The fraction of sp³-hybridized carbons (Fsp3) is 0.304. The minimum Gasteiger partial charge on any atom is -0.390 e. The van der Waals surface area contributed by atoms with E-state index in [4.69, 9.17) is 0 Å². The monoisotopic (exact) mass is 377 g/mol. The van der Waals surface area contributed by atoms with E-state index in [2.05, 4.69) is 40.7 Å². The summed E-state index contributed by atoms with van der Waals surface area (Å²) >= 11 is 0. The summed E-state index contributed by atoms with van der Waals surface area (Å²) in [4.78, 5) is 16.8. The number of carbonyl (C=O) groups is 1. The number of pyridine rings is 1. The second kappa shape index (κ2) is 9.44.